The average molecular weight is 177 g/mol. The molecule has 1 aromatic rings. The minimum atomic E-state index is 0.629. The molecule has 0 atom stereocenters. The van der Waals surface area contributed by atoms with Gasteiger partial charge in [0.15, 0.2) is 0 Å². The first-order valence-electron chi connectivity index (χ1n) is 4.80. The summed E-state index contributed by atoms with van der Waals surface area (Å²) in [5.74, 6) is 2.67. The van der Waals surface area contributed by atoms with Gasteiger partial charge in [0.2, 0.25) is 0 Å². The van der Waals surface area contributed by atoms with E-state index < -0.39 is 0 Å². The van der Waals surface area contributed by atoms with E-state index in [-0.39, 0.29) is 0 Å². The Hall–Kier alpha value is -1.12. The van der Waals surface area contributed by atoms with Gasteiger partial charge in [-0.2, -0.15) is 0 Å². The number of hydrogen-bond acceptors (Lipinski definition) is 3. The summed E-state index contributed by atoms with van der Waals surface area (Å²) < 4.78 is 0. The Labute approximate surface area is 78.6 Å². The molecule has 2 rings (SSSR count). The van der Waals surface area contributed by atoms with Crippen molar-refractivity contribution in [1.29, 1.82) is 0 Å². The van der Waals surface area contributed by atoms with Gasteiger partial charge >= 0.3 is 0 Å². The van der Waals surface area contributed by atoms with Crippen LogP contribution < -0.4 is 5.32 Å². The van der Waals surface area contributed by atoms with E-state index in [1.165, 1.54) is 12.8 Å². The highest BCUT2D eigenvalue weighted by Gasteiger charge is 2.25. The summed E-state index contributed by atoms with van der Waals surface area (Å²) in [6, 6.07) is 2.56. The number of rotatable bonds is 2. The van der Waals surface area contributed by atoms with Crippen LogP contribution in [0, 0.1) is 12.8 Å². The van der Waals surface area contributed by atoms with E-state index in [0.29, 0.717) is 6.04 Å². The Morgan fingerprint density at radius 1 is 1.46 bits per heavy atom. The minimum Gasteiger partial charge on any atom is -0.367 e. The number of hydrogen-bond donors (Lipinski definition) is 1. The van der Waals surface area contributed by atoms with Gasteiger partial charge in [-0.15, -0.1) is 0 Å². The molecule has 1 heterocycles. The molecule has 1 N–H and O–H groups in total. The summed E-state index contributed by atoms with van der Waals surface area (Å²) in [7, 11) is 0. The Balaban J connectivity index is 1.94. The van der Waals surface area contributed by atoms with Crippen molar-refractivity contribution in [2.45, 2.75) is 32.7 Å². The van der Waals surface area contributed by atoms with E-state index in [1.807, 2.05) is 13.0 Å². The van der Waals surface area contributed by atoms with Crippen molar-refractivity contribution in [1.82, 2.24) is 9.97 Å². The van der Waals surface area contributed by atoms with Crippen molar-refractivity contribution < 1.29 is 0 Å². The summed E-state index contributed by atoms with van der Waals surface area (Å²) >= 11 is 0. The van der Waals surface area contributed by atoms with Crippen molar-refractivity contribution in [2.75, 3.05) is 5.32 Å². The van der Waals surface area contributed by atoms with Crippen LogP contribution in [0.2, 0.25) is 0 Å². The van der Waals surface area contributed by atoms with Crippen LogP contribution in [0.4, 0.5) is 5.82 Å². The quantitative estimate of drug-likeness (QED) is 0.750. The fourth-order valence-corrected chi connectivity index (χ4v) is 1.77. The SMILES string of the molecule is Cc1nccc(NC2CC(C)C2)n1. The van der Waals surface area contributed by atoms with Crippen molar-refractivity contribution in [2.24, 2.45) is 5.92 Å². The zero-order valence-electron chi connectivity index (χ0n) is 8.12. The lowest BCUT2D eigenvalue weighted by Gasteiger charge is -2.33. The molecule has 0 aliphatic heterocycles. The van der Waals surface area contributed by atoms with E-state index >= 15 is 0 Å². The molecule has 0 spiro atoms. The molecule has 3 nitrogen and oxygen atoms in total. The summed E-state index contributed by atoms with van der Waals surface area (Å²) in [6.45, 7) is 4.19. The Morgan fingerprint density at radius 2 is 2.23 bits per heavy atom. The smallest absolute Gasteiger partial charge is 0.129 e. The molecule has 0 bridgehead atoms. The zero-order valence-corrected chi connectivity index (χ0v) is 8.12. The number of nitrogens with one attached hydrogen (secondary N) is 1. The van der Waals surface area contributed by atoms with Gasteiger partial charge in [-0.1, -0.05) is 6.92 Å². The second kappa shape index (κ2) is 3.32. The first-order valence-corrected chi connectivity index (χ1v) is 4.80. The molecule has 3 heteroatoms. The second-order valence-electron chi connectivity index (χ2n) is 3.91. The van der Waals surface area contributed by atoms with Gasteiger partial charge in [0.1, 0.15) is 11.6 Å². The molecule has 1 fully saturated rings. The van der Waals surface area contributed by atoms with Gasteiger partial charge in [-0.25, -0.2) is 9.97 Å². The summed E-state index contributed by atoms with van der Waals surface area (Å²) in [4.78, 5) is 8.35. The van der Waals surface area contributed by atoms with E-state index in [2.05, 4.69) is 22.2 Å². The van der Waals surface area contributed by atoms with Gasteiger partial charge in [0, 0.05) is 12.2 Å². The van der Waals surface area contributed by atoms with Crippen molar-refractivity contribution >= 4 is 5.82 Å². The summed E-state index contributed by atoms with van der Waals surface area (Å²) in [5, 5.41) is 3.40. The molecule has 1 aromatic heterocycles. The third kappa shape index (κ3) is 1.97. The number of aromatic nitrogens is 2. The number of aryl methyl sites for hydroxylation is 1. The lowest BCUT2D eigenvalue weighted by molar-refractivity contribution is 0.308. The Bertz CT molecular complexity index is 292. The van der Waals surface area contributed by atoms with Crippen molar-refractivity contribution in [3.8, 4) is 0 Å². The zero-order chi connectivity index (χ0) is 9.26. The van der Waals surface area contributed by atoms with E-state index in [9.17, 15) is 0 Å². The van der Waals surface area contributed by atoms with Crippen LogP contribution in [0.1, 0.15) is 25.6 Å². The topological polar surface area (TPSA) is 37.8 Å². The predicted octanol–water partition coefficient (Wildman–Crippen LogP) is 2.00. The molecular formula is C10H15N3. The maximum Gasteiger partial charge on any atom is 0.129 e. The predicted molar refractivity (Wildman–Crippen MR) is 52.6 cm³/mol. The van der Waals surface area contributed by atoms with Gasteiger partial charge in [0.25, 0.3) is 0 Å². The summed E-state index contributed by atoms with van der Waals surface area (Å²) in [6.07, 6.45) is 4.33. The van der Waals surface area contributed by atoms with Gasteiger partial charge < -0.3 is 5.32 Å². The molecule has 13 heavy (non-hydrogen) atoms. The average Bonchev–Trinajstić information content (AvgIpc) is 2.01. The van der Waals surface area contributed by atoms with Crippen LogP contribution in [0.25, 0.3) is 0 Å². The van der Waals surface area contributed by atoms with E-state index in [1.54, 1.807) is 6.20 Å². The lowest BCUT2D eigenvalue weighted by atomic mass is 9.82. The highest BCUT2D eigenvalue weighted by atomic mass is 15.0. The van der Waals surface area contributed by atoms with Gasteiger partial charge in [-0.05, 0) is 31.7 Å². The van der Waals surface area contributed by atoms with Gasteiger partial charge in [-0.3, -0.25) is 0 Å². The highest BCUT2D eigenvalue weighted by molar-refractivity contribution is 5.34. The molecule has 0 saturated heterocycles. The van der Waals surface area contributed by atoms with Crippen LogP contribution in [0.15, 0.2) is 12.3 Å². The fraction of sp³-hybridized carbons (Fsp3) is 0.600. The molecule has 0 unspecified atom stereocenters. The third-order valence-electron chi connectivity index (χ3n) is 2.50. The normalized spacial score (nSPS) is 26.6. The Kier molecular flexibility index (Phi) is 2.17. The monoisotopic (exact) mass is 177 g/mol. The third-order valence-corrected chi connectivity index (χ3v) is 2.50. The largest absolute Gasteiger partial charge is 0.367 e. The lowest BCUT2D eigenvalue weighted by Crippen LogP contribution is -2.34. The Morgan fingerprint density at radius 3 is 2.85 bits per heavy atom. The first-order chi connectivity index (χ1) is 6.24. The van der Waals surface area contributed by atoms with Crippen LogP contribution in [-0.4, -0.2) is 16.0 Å². The molecule has 0 radical (unpaired) electrons. The summed E-state index contributed by atoms with van der Waals surface area (Å²) in [5.41, 5.74) is 0. The van der Waals surface area contributed by atoms with Crippen LogP contribution >= 0.6 is 0 Å². The van der Waals surface area contributed by atoms with Crippen molar-refractivity contribution in [3.63, 3.8) is 0 Å². The molecule has 1 aliphatic rings. The standard InChI is InChI=1S/C10H15N3/c1-7-5-9(6-7)13-10-3-4-11-8(2)12-10/h3-4,7,9H,5-6H2,1-2H3,(H,11,12,13). The van der Waals surface area contributed by atoms with Crippen LogP contribution in [0.5, 0.6) is 0 Å². The fourth-order valence-electron chi connectivity index (χ4n) is 1.77. The number of anilines is 1. The molecule has 1 saturated carbocycles. The van der Waals surface area contributed by atoms with Gasteiger partial charge in [0.05, 0.1) is 0 Å². The highest BCUT2D eigenvalue weighted by Crippen LogP contribution is 2.28. The van der Waals surface area contributed by atoms with E-state index in [4.69, 9.17) is 0 Å². The molecule has 1 aliphatic carbocycles. The maximum atomic E-state index is 4.30. The first kappa shape index (κ1) is 8.48. The maximum absolute atomic E-state index is 4.30. The van der Waals surface area contributed by atoms with Crippen LogP contribution in [-0.2, 0) is 0 Å². The number of nitrogens with zero attached hydrogens (tertiary/aromatic N) is 2. The van der Waals surface area contributed by atoms with E-state index in [0.717, 1.165) is 17.6 Å². The molecular weight excluding hydrogens is 162 g/mol. The molecule has 70 valence electrons. The second-order valence-corrected chi connectivity index (χ2v) is 3.91. The minimum absolute atomic E-state index is 0.629. The van der Waals surface area contributed by atoms with Crippen molar-refractivity contribution in [3.05, 3.63) is 18.1 Å². The van der Waals surface area contributed by atoms with Crippen LogP contribution in [0.3, 0.4) is 0 Å². The molecule has 0 aromatic carbocycles. The molecule has 0 amide bonds.